The molecule has 0 saturated carbocycles. The molecule has 0 aromatic heterocycles. The van der Waals surface area contributed by atoms with Crippen LogP contribution in [0.4, 0.5) is 0 Å². The molecule has 1 unspecified atom stereocenters. The predicted molar refractivity (Wildman–Crippen MR) is 100 cm³/mol. The van der Waals surface area contributed by atoms with Crippen molar-refractivity contribution in [2.24, 2.45) is 5.73 Å². The molecule has 2 aromatic rings. The van der Waals surface area contributed by atoms with Gasteiger partial charge in [0.2, 0.25) is 0 Å². The normalized spacial score (nSPS) is 12.1. The highest BCUT2D eigenvalue weighted by atomic mass is 16.5. The van der Waals surface area contributed by atoms with Crippen LogP contribution in [0, 0.1) is 20.8 Å². The van der Waals surface area contributed by atoms with Crippen molar-refractivity contribution in [3.05, 3.63) is 57.6 Å². The molecular formula is C21H27NO3. The molecule has 4 nitrogen and oxygen atoms in total. The van der Waals surface area contributed by atoms with Gasteiger partial charge >= 0.3 is 5.97 Å². The topological polar surface area (TPSA) is 72.5 Å². The van der Waals surface area contributed by atoms with Crippen LogP contribution >= 0.6 is 0 Å². The summed E-state index contributed by atoms with van der Waals surface area (Å²) >= 11 is 0. The van der Waals surface area contributed by atoms with Crippen LogP contribution in [-0.2, 0) is 22.5 Å². The Morgan fingerprint density at radius 2 is 1.72 bits per heavy atom. The third-order valence-electron chi connectivity index (χ3n) is 4.91. The van der Waals surface area contributed by atoms with E-state index in [9.17, 15) is 9.90 Å². The summed E-state index contributed by atoms with van der Waals surface area (Å²) < 4.78 is 4.79. The summed E-state index contributed by atoms with van der Waals surface area (Å²) in [6.45, 7) is 8.45. The summed E-state index contributed by atoms with van der Waals surface area (Å²) in [7, 11) is 1.29. The van der Waals surface area contributed by atoms with Gasteiger partial charge in [0.25, 0.3) is 0 Å². The third kappa shape index (κ3) is 3.46. The van der Waals surface area contributed by atoms with Gasteiger partial charge in [0.15, 0.2) is 6.10 Å². The largest absolute Gasteiger partial charge is 0.467 e. The number of benzene rings is 2. The van der Waals surface area contributed by atoms with E-state index in [4.69, 9.17) is 10.5 Å². The molecule has 0 bridgehead atoms. The average molecular weight is 341 g/mol. The monoisotopic (exact) mass is 341 g/mol. The summed E-state index contributed by atoms with van der Waals surface area (Å²) in [4.78, 5) is 12.1. The van der Waals surface area contributed by atoms with E-state index < -0.39 is 12.1 Å². The molecule has 0 amide bonds. The number of carbonyl (C=O) groups excluding carboxylic acids is 1. The predicted octanol–water partition coefficient (Wildman–Crippen LogP) is 3.51. The van der Waals surface area contributed by atoms with Crippen LogP contribution in [-0.4, -0.2) is 18.2 Å². The van der Waals surface area contributed by atoms with Crippen LogP contribution in [0.1, 0.15) is 46.4 Å². The molecule has 0 aliphatic carbocycles. The second-order valence-corrected chi connectivity index (χ2v) is 6.35. The van der Waals surface area contributed by atoms with Crippen LogP contribution in [0.25, 0.3) is 11.1 Å². The number of rotatable bonds is 5. The van der Waals surface area contributed by atoms with E-state index in [1.807, 2.05) is 45.0 Å². The van der Waals surface area contributed by atoms with E-state index in [2.05, 4.69) is 6.92 Å². The Balaban J connectivity index is 2.89. The molecule has 1 atom stereocenters. The van der Waals surface area contributed by atoms with E-state index >= 15 is 0 Å². The zero-order valence-corrected chi connectivity index (χ0v) is 15.6. The molecule has 0 radical (unpaired) electrons. The van der Waals surface area contributed by atoms with E-state index in [0.717, 1.165) is 45.4 Å². The molecule has 0 heterocycles. The first-order valence-electron chi connectivity index (χ1n) is 8.55. The molecule has 4 heteroatoms. The zero-order chi connectivity index (χ0) is 18.7. The summed E-state index contributed by atoms with van der Waals surface area (Å²) in [6, 6.07) is 8.07. The van der Waals surface area contributed by atoms with Crippen molar-refractivity contribution in [3.63, 3.8) is 0 Å². The van der Waals surface area contributed by atoms with Crippen LogP contribution < -0.4 is 5.73 Å². The molecule has 0 aliphatic rings. The molecule has 25 heavy (non-hydrogen) atoms. The standard InChI is InChI=1S/C21H27NO3/c1-6-16-13(3)19(20(23)21(24)25-5)18(14(4)17(16)11-22)15-9-7-12(2)8-10-15/h7-10,20,23H,6,11,22H2,1-5H3. The number of methoxy groups -OCH3 is 1. The summed E-state index contributed by atoms with van der Waals surface area (Å²) in [5.41, 5.74) is 13.7. The molecule has 0 aliphatic heterocycles. The van der Waals surface area contributed by atoms with E-state index in [-0.39, 0.29) is 0 Å². The van der Waals surface area contributed by atoms with Gasteiger partial charge in [-0.25, -0.2) is 4.79 Å². The van der Waals surface area contributed by atoms with Gasteiger partial charge in [-0.05, 0) is 60.6 Å². The maximum absolute atomic E-state index is 12.1. The van der Waals surface area contributed by atoms with Crippen LogP contribution in [0.15, 0.2) is 24.3 Å². The molecule has 0 fully saturated rings. The Kier molecular flexibility index (Phi) is 5.98. The SMILES string of the molecule is CCc1c(C)c(C(O)C(=O)OC)c(-c2ccc(C)cc2)c(C)c1CN. The number of esters is 1. The van der Waals surface area contributed by atoms with Crippen molar-refractivity contribution in [2.75, 3.05) is 7.11 Å². The summed E-state index contributed by atoms with van der Waals surface area (Å²) in [5.74, 6) is -0.654. The van der Waals surface area contributed by atoms with Gasteiger partial charge in [-0.1, -0.05) is 36.8 Å². The lowest BCUT2D eigenvalue weighted by atomic mass is 9.81. The van der Waals surface area contributed by atoms with Crippen molar-refractivity contribution < 1.29 is 14.6 Å². The van der Waals surface area contributed by atoms with Crippen molar-refractivity contribution in [1.82, 2.24) is 0 Å². The molecule has 0 saturated heterocycles. The van der Waals surface area contributed by atoms with Crippen LogP contribution in [0.2, 0.25) is 0 Å². The lowest BCUT2D eigenvalue weighted by molar-refractivity contribution is -0.150. The Labute approximate surface area is 149 Å². The molecule has 0 spiro atoms. The first-order valence-corrected chi connectivity index (χ1v) is 8.55. The fourth-order valence-electron chi connectivity index (χ4n) is 3.57. The highest BCUT2D eigenvalue weighted by Gasteiger charge is 2.28. The van der Waals surface area contributed by atoms with E-state index in [1.54, 1.807) is 0 Å². The smallest absolute Gasteiger partial charge is 0.339 e. The molecule has 2 aromatic carbocycles. The maximum atomic E-state index is 12.1. The first-order chi connectivity index (χ1) is 11.9. The van der Waals surface area contributed by atoms with Gasteiger partial charge in [0, 0.05) is 12.1 Å². The number of aryl methyl sites for hydroxylation is 1. The van der Waals surface area contributed by atoms with Gasteiger partial charge in [0.05, 0.1) is 7.11 Å². The van der Waals surface area contributed by atoms with Crippen LogP contribution in [0.5, 0.6) is 0 Å². The van der Waals surface area contributed by atoms with Crippen molar-refractivity contribution in [2.45, 2.75) is 46.8 Å². The number of ether oxygens (including phenoxy) is 1. The number of nitrogens with two attached hydrogens (primary N) is 1. The van der Waals surface area contributed by atoms with E-state index in [1.165, 1.54) is 7.11 Å². The lowest BCUT2D eigenvalue weighted by Crippen LogP contribution is -2.19. The number of hydrogen-bond acceptors (Lipinski definition) is 4. The van der Waals surface area contributed by atoms with Crippen molar-refractivity contribution in [1.29, 1.82) is 0 Å². The lowest BCUT2D eigenvalue weighted by Gasteiger charge is -2.25. The molecule has 2 rings (SSSR count). The fraction of sp³-hybridized carbons (Fsp3) is 0.381. The third-order valence-corrected chi connectivity index (χ3v) is 4.91. The second-order valence-electron chi connectivity index (χ2n) is 6.35. The number of hydrogen-bond donors (Lipinski definition) is 2. The van der Waals surface area contributed by atoms with E-state index in [0.29, 0.717) is 12.1 Å². The summed E-state index contributed by atoms with van der Waals surface area (Å²) in [6.07, 6.45) is -0.536. The first kappa shape index (κ1) is 19.2. The minimum Gasteiger partial charge on any atom is -0.467 e. The number of aliphatic hydroxyl groups is 1. The van der Waals surface area contributed by atoms with Gasteiger partial charge in [-0.2, -0.15) is 0 Å². The van der Waals surface area contributed by atoms with Crippen molar-refractivity contribution in [3.8, 4) is 11.1 Å². The minimum atomic E-state index is -1.32. The minimum absolute atomic E-state index is 0.420. The Morgan fingerprint density at radius 1 is 1.12 bits per heavy atom. The molecule has 3 N–H and O–H groups in total. The van der Waals surface area contributed by atoms with Crippen molar-refractivity contribution >= 4 is 5.97 Å². The number of carbonyl (C=O) groups is 1. The highest BCUT2D eigenvalue weighted by Crippen LogP contribution is 2.39. The van der Waals surface area contributed by atoms with Crippen LogP contribution in [0.3, 0.4) is 0 Å². The Hall–Kier alpha value is -2.17. The van der Waals surface area contributed by atoms with Gasteiger partial charge in [-0.15, -0.1) is 0 Å². The summed E-state index contributed by atoms with van der Waals surface area (Å²) in [5, 5.41) is 10.7. The Morgan fingerprint density at radius 3 is 2.20 bits per heavy atom. The molecule has 134 valence electrons. The van der Waals surface area contributed by atoms with Gasteiger partial charge in [0.1, 0.15) is 0 Å². The quantitative estimate of drug-likeness (QED) is 0.816. The fourth-order valence-corrected chi connectivity index (χ4v) is 3.57. The van der Waals surface area contributed by atoms with Gasteiger partial charge < -0.3 is 15.6 Å². The highest BCUT2D eigenvalue weighted by molar-refractivity contribution is 5.84. The Bertz CT molecular complexity index is 779. The maximum Gasteiger partial charge on any atom is 0.339 e. The zero-order valence-electron chi connectivity index (χ0n) is 15.6. The number of aliphatic hydroxyl groups excluding tert-OH is 1. The van der Waals surface area contributed by atoms with Gasteiger partial charge in [-0.3, -0.25) is 0 Å². The molecular weight excluding hydrogens is 314 g/mol. The second kappa shape index (κ2) is 7.81. The average Bonchev–Trinajstić information content (AvgIpc) is 2.62.